The van der Waals surface area contributed by atoms with Gasteiger partial charge >= 0.3 is 0 Å². The number of aliphatic hydroxyl groups excluding tert-OH is 6. The molecule has 16 rings (SSSR count). The average Bonchev–Trinajstić information content (AvgIpc) is 0.806. The first-order valence-corrected chi connectivity index (χ1v) is 39.6. The van der Waals surface area contributed by atoms with Crippen LogP contribution in [0.1, 0.15) is 106 Å². The summed E-state index contributed by atoms with van der Waals surface area (Å²) in [4.78, 5) is 36.0. The average molecular weight is 2320 g/mol. The number of fused-ring (bicyclic) bond motifs is 4. The first kappa shape index (κ1) is 100. The summed E-state index contributed by atoms with van der Waals surface area (Å²) in [6.45, 7) is 25.8. The van der Waals surface area contributed by atoms with Crippen LogP contribution in [-0.4, -0.2) is 107 Å². The van der Waals surface area contributed by atoms with Gasteiger partial charge in [-0.2, -0.15) is 0 Å². The fraction of sp³-hybridized carbons (Fsp3) is 0.223. The van der Waals surface area contributed by atoms with Crippen LogP contribution in [0.2, 0.25) is 0 Å². The number of nitrogens with zero attached hydrogens (tertiary/aromatic N) is 8. The van der Waals surface area contributed by atoms with Crippen LogP contribution in [0, 0.1) is 79.7 Å². The third-order valence-corrected chi connectivity index (χ3v) is 19.2. The third kappa shape index (κ3) is 29.0. The molecule has 633 valence electrons. The summed E-state index contributed by atoms with van der Waals surface area (Å²) < 4.78 is 0. The molecule has 6 atom stereocenters. The van der Waals surface area contributed by atoms with E-state index in [0.29, 0.717) is 19.3 Å². The van der Waals surface area contributed by atoms with E-state index < -0.39 is 0 Å². The van der Waals surface area contributed by atoms with Gasteiger partial charge in [0.15, 0.2) is 0 Å². The van der Waals surface area contributed by atoms with Gasteiger partial charge in [-0.15, -0.1) is 119 Å². The molecule has 18 heteroatoms. The first-order valence-electron chi connectivity index (χ1n) is 39.6. The van der Waals surface area contributed by atoms with Crippen molar-refractivity contribution in [1.82, 2.24) is 39.9 Å². The Kier molecular flexibility index (Phi) is 41.0. The van der Waals surface area contributed by atoms with Gasteiger partial charge in [0.1, 0.15) is 0 Å². The van der Waals surface area contributed by atoms with Crippen molar-refractivity contribution in [2.75, 3.05) is 0 Å². The zero-order valence-electron chi connectivity index (χ0n) is 70.6. The van der Waals surface area contributed by atoms with Crippen molar-refractivity contribution >= 4 is 43.1 Å². The molecule has 0 saturated heterocycles. The maximum atomic E-state index is 8.56. The Morgan fingerprint density at radius 3 is 0.760 bits per heavy atom. The fourth-order valence-electron chi connectivity index (χ4n) is 13.7. The second-order valence-corrected chi connectivity index (χ2v) is 29.6. The van der Waals surface area contributed by atoms with Crippen molar-refractivity contribution in [2.45, 2.75) is 153 Å². The minimum atomic E-state index is -0.375. The molecule has 6 unspecified atom stereocenters. The second kappa shape index (κ2) is 49.5. The van der Waals surface area contributed by atoms with Gasteiger partial charge in [-0.25, -0.2) is 0 Å². The smallest absolute Gasteiger partial charge is 0.0569 e. The van der Waals surface area contributed by atoms with E-state index in [1.807, 2.05) is 79.7 Å². The standard InChI is InChI=1S/C23H19N2.2C22H17N2.C21H15N2.3C5H12O2.3Ir.Pt/c1-15-16(2)25-23(17(3)24-15)20-13-11-19(12-14-20)22-10-6-8-18-7-4-5-9-21(18)22;2*1-15-14-23-22(16(2)24-15)19-12-10-18(11-13-19)21-9-5-7-17-6-3-4-8-20(17)21;1-15-21(23-14-13-22-15)18-11-9-17(10-12-18)20-8-4-6-16-5-2-3-7-19(16)20;3*1-4(6)3-5(2)7;;;;/h4-13H,1-3H3;2*3-12,14H,1-2H3;2-11,13-14H,1H3;3*4-7H,3H2,1-2H3;;;;/q4*-1;;;;;;;. The van der Waals surface area contributed by atoms with E-state index in [-0.39, 0.29) is 118 Å². The molecule has 0 fully saturated rings. The van der Waals surface area contributed by atoms with E-state index in [0.717, 1.165) is 113 Å². The Bertz CT molecular complexity index is 5660. The summed E-state index contributed by atoms with van der Waals surface area (Å²) in [6, 6.07) is 97.9. The van der Waals surface area contributed by atoms with Crippen LogP contribution in [0.3, 0.4) is 0 Å². The van der Waals surface area contributed by atoms with Crippen LogP contribution in [0.25, 0.3) is 133 Å². The van der Waals surface area contributed by atoms with Gasteiger partial charge in [0.05, 0.1) is 53.7 Å². The molecule has 0 bridgehead atoms. The van der Waals surface area contributed by atoms with Gasteiger partial charge in [0, 0.05) is 157 Å². The van der Waals surface area contributed by atoms with Crippen molar-refractivity contribution in [1.29, 1.82) is 0 Å². The largest absolute Gasteiger partial charge is 0.393 e. The van der Waals surface area contributed by atoms with Crippen LogP contribution >= 0.6 is 0 Å². The number of aromatic nitrogens is 8. The summed E-state index contributed by atoms with van der Waals surface area (Å²) >= 11 is 0. The molecule has 4 aromatic heterocycles. The zero-order chi connectivity index (χ0) is 83.7. The number of hydrogen-bond donors (Lipinski definition) is 6. The maximum absolute atomic E-state index is 8.56. The second-order valence-electron chi connectivity index (χ2n) is 29.6. The molecule has 6 N–H and O–H groups in total. The van der Waals surface area contributed by atoms with E-state index >= 15 is 0 Å². The molecular weight excluding hydrogens is 2220 g/mol. The van der Waals surface area contributed by atoms with E-state index in [4.69, 9.17) is 35.6 Å². The molecular formula is C103H104Ir3N8O6Pt-4. The van der Waals surface area contributed by atoms with Crippen molar-refractivity contribution in [2.24, 2.45) is 0 Å². The molecule has 14 nitrogen and oxygen atoms in total. The minimum Gasteiger partial charge on any atom is -0.393 e. The molecule has 121 heavy (non-hydrogen) atoms. The van der Waals surface area contributed by atoms with E-state index in [1.54, 1.807) is 66.3 Å². The topological polar surface area (TPSA) is 224 Å². The Morgan fingerprint density at radius 2 is 0.504 bits per heavy atom. The molecule has 16 aromatic rings. The van der Waals surface area contributed by atoms with Gasteiger partial charge in [0.2, 0.25) is 0 Å². The Labute approximate surface area is 768 Å². The molecule has 4 heterocycles. The summed E-state index contributed by atoms with van der Waals surface area (Å²) in [6.07, 6.45) is 6.20. The third-order valence-electron chi connectivity index (χ3n) is 19.2. The number of rotatable bonds is 14. The van der Waals surface area contributed by atoms with Gasteiger partial charge < -0.3 is 45.6 Å². The summed E-state index contributed by atoms with van der Waals surface area (Å²) in [5, 5.41) is 61.4. The molecule has 0 aliphatic carbocycles. The van der Waals surface area contributed by atoms with Crippen LogP contribution < -0.4 is 0 Å². The summed E-state index contributed by atoms with van der Waals surface area (Å²) in [5.74, 6) is 0. The number of benzene rings is 12. The quantitative estimate of drug-likeness (QED) is 0.0557. The Balaban J connectivity index is 0.000000229. The number of hydrogen-bond acceptors (Lipinski definition) is 14. The van der Waals surface area contributed by atoms with E-state index in [1.165, 1.54) is 65.3 Å². The first-order chi connectivity index (χ1) is 56.3. The van der Waals surface area contributed by atoms with Crippen molar-refractivity contribution in [3.63, 3.8) is 0 Å². The van der Waals surface area contributed by atoms with Crippen molar-refractivity contribution < 1.29 is 112 Å². The minimum absolute atomic E-state index is 0. The summed E-state index contributed by atoms with van der Waals surface area (Å²) in [7, 11) is 0. The van der Waals surface area contributed by atoms with Gasteiger partial charge in [-0.3, -0.25) is 24.9 Å². The Morgan fingerprint density at radius 1 is 0.256 bits per heavy atom. The molecule has 0 amide bonds. The van der Waals surface area contributed by atoms with Gasteiger partial charge in [0.25, 0.3) is 0 Å². The number of aryl methyl sites for hydroxylation is 8. The SMILES string of the molecule is CC(O)CC(C)O.CC(O)CC(C)O.CC(O)CC(C)O.Cc1cnc(-c2[c-]cc(-c3cccc4ccccc34)cc2)c(C)n1.Cc1cnc(-c2[c-]cc(-c3cccc4ccccc34)cc2)c(C)n1.Cc1nc(C)c(-c2[c-]cc(-c3cccc4ccccc34)cc2)nc1C.Cc1nccnc1-c1[c-]cc(-c2cccc3ccccc23)cc1.[Ir].[Ir].[Ir].[Pt]. The van der Waals surface area contributed by atoms with Crippen molar-refractivity contribution in [3.8, 4) is 89.5 Å². The van der Waals surface area contributed by atoms with Crippen LogP contribution in [0.5, 0.6) is 0 Å². The predicted octanol–water partition coefficient (Wildman–Crippen LogP) is 21.9. The van der Waals surface area contributed by atoms with Crippen LogP contribution in [0.4, 0.5) is 0 Å². The molecule has 3 radical (unpaired) electrons. The molecule has 12 aromatic carbocycles. The molecule has 0 saturated carbocycles. The van der Waals surface area contributed by atoms with Gasteiger partial charge in [-0.1, -0.05) is 214 Å². The van der Waals surface area contributed by atoms with Crippen LogP contribution in [-0.2, 0) is 81.4 Å². The Hall–Kier alpha value is -9.60. The van der Waals surface area contributed by atoms with E-state index in [2.05, 4.69) is 278 Å². The van der Waals surface area contributed by atoms with E-state index in [9.17, 15) is 0 Å². The maximum Gasteiger partial charge on any atom is 0.0569 e. The predicted molar refractivity (Wildman–Crippen MR) is 479 cm³/mol. The zero-order valence-corrected chi connectivity index (χ0v) is 80.0. The molecule has 0 aliphatic rings. The van der Waals surface area contributed by atoms with Crippen LogP contribution in [0.15, 0.2) is 267 Å². The normalized spacial score (nSPS) is 11.9. The molecule has 0 spiro atoms. The number of aliphatic hydroxyl groups is 6. The monoisotopic (exact) mass is 2320 g/mol. The molecule has 0 aliphatic heterocycles. The van der Waals surface area contributed by atoms with Crippen molar-refractivity contribution in [3.05, 3.63) is 337 Å². The summed E-state index contributed by atoms with van der Waals surface area (Å²) in [5.41, 5.74) is 24.6. The fourth-order valence-corrected chi connectivity index (χ4v) is 13.7. The van der Waals surface area contributed by atoms with Gasteiger partial charge in [-0.05, 0) is 159 Å².